The molecule has 140 valence electrons. The summed E-state index contributed by atoms with van der Waals surface area (Å²) in [4.78, 5) is 5.23. The standard InChI is InChI=1S/C22H19FN4S/c1-15(2)13-25-22-27(21(14-28-22)19-6-4-5-7-20(19)23)26-16(3)18-10-8-17(12-24)9-11-18/h4-11,14H,1,13H2,2-3H3. The summed E-state index contributed by atoms with van der Waals surface area (Å²) in [5.74, 6) is -0.313. The molecule has 4 nitrogen and oxygen atoms in total. The second-order valence-electron chi connectivity index (χ2n) is 6.34. The Labute approximate surface area is 167 Å². The molecule has 2 aromatic carbocycles. The average molecular weight is 390 g/mol. The number of halogens is 1. The van der Waals surface area contributed by atoms with Gasteiger partial charge in [-0.1, -0.05) is 36.4 Å². The summed E-state index contributed by atoms with van der Waals surface area (Å²) in [6, 6.07) is 15.9. The van der Waals surface area contributed by atoms with Crippen LogP contribution in [-0.2, 0) is 0 Å². The van der Waals surface area contributed by atoms with E-state index in [1.165, 1.54) is 17.4 Å². The van der Waals surface area contributed by atoms with Crippen molar-refractivity contribution in [2.24, 2.45) is 10.1 Å². The molecule has 0 fully saturated rings. The zero-order valence-electron chi connectivity index (χ0n) is 15.7. The van der Waals surface area contributed by atoms with Crippen molar-refractivity contribution in [1.29, 1.82) is 5.26 Å². The van der Waals surface area contributed by atoms with Gasteiger partial charge in [0.25, 0.3) is 0 Å². The Morgan fingerprint density at radius 2 is 1.89 bits per heavy atom. The number of hydrogen-bond donors (Lipinski definition) is 0. The van der Waals surface area contributed by atoms with E-state index in [0.717, 1.165) is 16.8 Å². The molecule has 0 bridgehead atoms. The van der Waals surface area contributed by atoms with E-state index in [-0.39, 0.29) is 5.82 Å². The molecule has 0 unspecified atom stereocenters. The van der Waals surface area contributed by atoms with Crippen molar-refractivity contribution in [2.75, 3.05) is 6.54 Å². The van der Waals surface area contributed by atoms with Crippen LogP contribution < -0.4 is 4.80 Å². The van der Waals surface area contributed by atoms with E-state index in [1.807, 2.05) is 31.4 Å². The van der Waals surface area contributed by atoms with Crippen LogP contribution in [0.2, 0.25) is 0 Å². The summed E-state index contributed by atoms with van der Waals surface area (Å²) in [5, 5.41) is 15.5. The van der Waals surface area contributed by atoms with Gasteiger partial charge in [0.1, 0.15) is 5.82 Å². The quantitative estimate of drug-likeness (QED) is 0.448. The summed E-state index contributed by atoms with van der Waals surface area (Å²) < 4.78 is 16.1. The Bertz CT molecular complexity index is 1140. The van der Waals surface area contributed by atoms with Crippen molar-refractivity contribution in [3.63, 3.8) is 0 Å². The second kappa shape index (κ2) is 8.59. The van der Waals surface area contributed by atoms with Crippen molar-refractivity contribution in [2.45, 2.75) is 13.8 Å². The Kier molecular flexibility index (Phi) is 5.97. The number of nitrogens with zero attached hydrogens (tertiary/aromatic N) is 4. The van der Waals surface area contributed by atoms with E-state index in [4.69, 9.17) is 10.4 Å². The average Bonchev–Trinajstić information content (AvgIpc) is 3.09. The van der Waals surface area contributed by atoms with Crippen molar-refractivity contribution < 1.29 is 4.39 Å². The van der Waals surface area contributed by atoms with Crippen molar-refractivity contribution >= 4 is 17.0 Å². The number of hydrogen-bond acceptors (Lipinski definition) is 4. The highest BCUT2D eigenvalue weighted by Crippen LogP contribution is 2.23. The van der Waals surface area contributed by atoms with Crippen LogP contribution in [0, 0.1) is 17.1 Å². The minimum atomic E-state index is -0.313. The Morgan fingerprint density at radius 3 is 2.54 bits per heavy atom. The molecule has 3 aromatic rings. The summed E-state index contributed by atoms with van der Waals surface area (Å²) >= 11 is 1.40. The topological polar surface area (TPSA) is 53.4 Å². The van der Waals surface area contributed by atoms with Crippen molar-refractivity contribution in [3.8, 4) is 17.3 Å². The van der Waals surface area contributed by atoms with E-state index in [2.05, 4.69) is 17.6 Å². The fourth-order valence-electron chi connectivity index (χ4n) is 2.56. The van der Waals surface area contributed by atoms with Gasteiger partial charge in [0.2, 0.25) is 4.80 Å². The van der Waals surface area contributed by atoms with Crippen LogP contribution in [0.4, 0.5) is 4.39 Å². The molecule has 0 aliphatic rings. The van der Waals surface area contributed by atoms with Crippen LogP contribution in [-0.4, -0.2) is 16.9 Å². The first kappa shape index (κ1) is 19.5. The van der Waals surface area contributed by atoms with Gasteiger partial charge in [-0.3, -0.25) is 4.99 Å². The summed E-state index contributed by atoms with van der Waals surface area (Å²) in [6.45, 7) is 8.14. The zero-order chi connectivity index (χ0) is 20.1. The van der Waals surface area contributed by atoms with Gasteiger partial charge in [0, 0.05) is 10.9 Å². The Morgan fingerprint density at radius 1 is 1.18 bits per heavy atom. The van der Waals surface area contributed by atoms with Gasteiger partial charge >= 0.3 is 0 Å². The molecule has 0 amide bonds. The molecule has 3 rings (SSSR count). The lowest BCUT2D eigenvalue weighted by atomic mass is 10.1. The van der Waals surface area contributed by atoms with Crippen LogP contribution in [0.3, 0.4) is 0 Å². The second-order valence-corrected chi connectivity index (χ2v) is 7.18. The molecule has 0 aliphatic heterocycles. The van der Waals surface area contributed by atoms with Crippen molar-refractivity contribution in [1.82, 2.24) is 4.68 Å². The number of benzene rings is 2. The maximum Gasteiger partial charge on any atom is 0.206 e. The normalized spacial score (nSPS) is 12.1. The molecule has 0 spiro atoms. The summed E-state index contributed by atoms with van der Waals surface area (Å²) in [7, 11) is 0. The molecule has 0 saturated carbocycles. The lowest BCUT2D eigenvalue weighted by molar-refractivity contribution is 0.629. The Hall–Kier alpha value is -3.30. The first-order valence-corrected chi connectivity index (χ1v) is 9.54. The molecular formula is C22H19FN4S. The number of rotatable bonds is 5. The highest BCUT2D eigenvalue weighted by Gasteiger charge is 2.12. The minimum absolute atomic E-state index is 0.313. The maximum absolute atomic E-state index is 14.4. The third-order valence-electron chi connectivity index (χ3n) is 4.00. The molecule has 28 heavy (non-hydrogen) atoms. The molecule has 0 atom stereocenters. The van der Waals surface area contributed by atoms with Gasteiger partial charge in [-0.05, 0) is 43.7 Å². The predicted octanol–water partition coefficient (Wildman–Crippen LogP) is 4.98. The SMILES string of the molecule is C=C(C)CN=c1scc(-c2ccccc2F)n1N=C(C)c1ccc(C#N)cc1. The smallest absolute Gasteiger partial charge is 0.206 e. The van der Waals surface area contributed by atoms with Gasteiger partial charge in [-0.2, -0.15) is 10.4 Å². The Balaban J connectivity index is 2.14. The van der Waals surface area contributed by atoms with Crippen LogP contribution in [0.1, 0.15) is 25.0 Å². The monoisotopic (exact) mass is 390 g/mol. The lowest BCUT2D eigenvalue weighted by Crippen LogP contribution is -2.15. The zero-order valence-corrected chi connectivity index (χ0v) is 16.5. The van der Waals surface area contributed by atoms with E-state index in [9.17, 15) is 4.39 Å². The van der Waals surface area contributed by atoms with E-state index >= 15 is 0 Å². The van der Waals surface area contributed by atoms with Crippen LogP contribution in [0.25, 0.3) is 11.3 Å². The molecule has 6 heteroatoms. The largest absolute Gasteiger partial charge is 0.253 e. The van der Waals surface area contributed by atoms with Crippen LogP contribution >= 0.6 is 11.3 Å². The molecule has 0 radical (unpaired) electrons. The highest BCUT2D eigenvalue weighted by molar-refractivity contribution is 7.07. The van der Waals surface area contributed by atoms with Gasteiger partial charge < -0.3 is 0 Å². The van der Waals surface area contributed by atoms with Crippen LogP contribution in [0.15, 0.2) is 76.2 Å². The third kappa shape index (κ3) is 4.33. The lowest BCUT2D eigenvalue weighted by Gasteiger charge is -2.07. The molecular weight excluding hydrogens is 371 g/mol. The first-order chi connectivity index (χ1) is 13.5. The predicted molar refractivity (Wildman–Crippen MR) is 112 cm³/mol. The van der Waals surface area contributed by atoms with Gasteiger partial charge in [-0.25, -0.2) is 9.07 Å². The number of thiazole rings is 1. The van der Waals surface area contributed by atoms with Crippen LogP contribution in [0.5, 0.6) is 0 Å². The summed E-state index contributed by atoms with van der Waals surface area (Å²) in [6.07, 6.45) is 0. The van der Waals surface area contributed by atoms with E-state index in [1.54, 1.807) is 35.0 Å². The van der Waals surface area contributed by atoms with Crippen molar-refractivity contribution in [3.05, 3.63) is 87.8 Å². The van der Waals surface area contributed by atoms with Gasteiger partial charge in [0.05, 0.1) is 29.6 Å². The summed E-state index contributed by atoms with van der Waals surface area (Å²) in [5.41, 5.74) is 4.23. The highest BCUT2D eigenvalue weighted by atomic mass is 32.1. The number of nitriles is 1. The fourth-order valence-corrected chi connectivity index (χ4v) is 3.38. The molecule has 0 saturated heterocycles. The van der Waals surface area contributed by atoms with Gasteiger partial charge in [-0.15, -0.1) is 11.3 Å². The molecule has 0 aliphatic carbocycles. The van der Waals surface area contributed by atoms with E-state index < -0.39 is 0 Å². The fraction of sp³-hybridized carbons (Fsp3) is 0.136. The first-order valence-electron chi connectivity index (χ1n) is 8.66. The third-order valence-corrected chi connectivity index (χ3v) is 4.86. The minimum Gasteiger partial charge on any atom is -0.253 e. The molecule has 0 N–H and O–H groups in total. The van der Waals surface area contributed by atoms with Gasteiger partial charge in [0.15, 0.2) is 0 Å². The molecule has 1 aromatic heterocycles. The number of aromatic nitrogens is 1. The van der Waals surface area contributed by atoms with E-state index in [0.29, 0.717) is 28.2 Å². The molecule has 1 heterocycles. The maximum atomic E-state index is 14.4.